The summed E-state index contributed by atoms with van der Waals surface area (Å²) in [6.07, 6.45) is 5.28. The molecule has 0 aliphatic heterocycles. The van der Waals surface area contributed by atoms with Crippen LogP contribution in [-0.2, 0) is 11.2 Å². The van der Waals surface area contributed by atoms with Crippen molar-refractivity contribution in [3.8, 4) is 0 Å². The highest BCUT2D eigenvalue weighted by atomic mass is 32.1. The van der Waals surface area contributed by atoms with E-state index in [0.29, 0.717) is 12.2 Å². The molecule has 0 atom stereocenters. The Morgan fingerprint density at radius 1 is 1.07 bits per heavy atom. The summed E-state index contributed by atoms with van der Waals surface area (Å²) in [5.74, 6) is 0.102. The van der Waals surface area contributed by atoms with E-state index in [1.807, 2.05) is 48.5 Å². The molecule has 0 aliphatic carbocycles. The highest BCUT2D eigenvalue weighted by molar-refractivity contribution is 7.16. The second-order valence-corrected chi connectivity index (χ2v) is 7.98. The Labute approximate surface area is 169 Å². The van der Waals surface area contributed by atoms with Crippen LogP contribution in [0.25, 0.3) is 15.8 Å². The van der Waals surface area contributed by atoms with Crippen molar-refractivity contribution in [1.82, 2.24) is 0 Å². The van der Waals surface area contributed by atoms with Gasteiger partial charge in [0.25, 0.3) is 4.74 Å². The molecule has 0 radical (unpaired) electrons. The summed E-state index contributed by atoms with van der Waals surface area (Å²) < 4.78 is 19.8. The fraction of sp³-hybridized carbons (Fsp3) is 0.292. The van der Waals surface area contributed by atoms with Crippen molar-refractivity contribution < 1.29 is 9.13 Å². The van der Waals surface area contributed by atoms with Gasteiger partial charge in [-0.25, -0.2) is 4.39 Å². The molecule has 2 nitrogen and oxygen atoms in total. The third-order valence-electron chi connectivity index (χ3n) is 4.89. The van der Waals surface area contributed by atoms with Gasteiger partial charge in [0.15, 0.2) is 5.82 Å². The van der Waals surface area contributed by atoms with Gasteiger partial charge in [-0.15, -0.1) is 0 Å². The lowest BCUT2D eigenvalue weighted by Crippen LogP contribution is -2.03. The zero-order valence-electron chi connectivity index (χ0n) is 16.2. The van der Waals surface area contributed by atoms with Crippen LogP contribution in [0.15, 0.2) is 59.9 Å². The van der Waals surface area contributed by atoms with Crippen LogP contribution in [-0.4, -0.2) is 6.61 Å². The number of hydrogen-bond acceptors (Lipinski definition) is 3. The lowest BCUT2D eigenvalue weighted by Gasteiger charge is -2.09. The van der Waals surface area contributed by atoms with E-state index >= 15 is 0 Å². The normalized spacial score (nSPS) is 10.9. The largest absolute Gasteiger partial charge is 0.494 e. The Morgan fingerprint density at radius 2 is 1.82 bits per heavy atom. The average Bonchev–Trinajstić information content (AvgIpc) is 2.71. The van der Waals surface area contributed by atoms with Crippen LogP contribution in [0.1, 0.15) is 42.4 Å². The number of hydrogen-bond donors (Lipinski definition) is 0. The molecule has 0 fully saturated rings. The maximum Gasteiger partial charge on any atom is 0.268 e. The van der Waals surface area contributed by atoms with E-state index in [1.54, 1.807) is 6.92 Å². The maximum absolute atomic E-state index is 13.7. The summed E-state index contributed by atoms with van der Waals surface area (Å²) in [7, 11) is 0. The van der Waals surface area contributed by atoms with E-state index in [9.17, 15) is 9.18 Å². The smallest absolute Gasteiger partial charge is 0.268 e. The van der Waals surface area contributed by atoms with E-state index in [1.165, 1.54) is 5.56 Å². The first-order valence-electron chi connectivity index (χ1n) is 9.65. The number of rotatable bonds is 9. The first-order chi connectivity index (χ1) is 13.6. The second-order valence-electron chi connectivity index (χ2n) is 6.96. The van der Waals surface area contributed by atoms with Gasteiger partial charge in [0.1, 0.15) is 5.76 Å². The molecule has 0 bridgehead atoms. The van der Waals surface area contributed by atoms with Crippen molar-refractivity contribution in [2.45, 2.75) is 39.0 Å². The van der Waals surface area contributed by atoms with Gasteiger partial charge >= 0.3 is 0 Å². The van der Waals surface area contributed by atoms with E-state index in [0.717, 1.165) is 64.8 Å². The fourth-order valence-corrected chi connectivity index (χ4v) is 4.20. The summed E-state index contributed by atoms with van der Waals surface area (Å²) in [5.41, 5.74) is 2.67. The van der Waals surface area contributed by atoms with Gasteiger partial charge in [0.05, 0.1) is 6.61 Å². The van der Waals surface area contributed by atoms with Crippen LogP contribution in [0, 0.1) is 12.7 Å². The summed E-state index contributed by atoms with van der Waals surface area (Å²) in [5, 5.41) is 0.835. The van der Waals surface area contributed by atoms with Crippen molar-refractivity contribution in [1.29, 1.82) is 0 Å². The monoisotopic (exact) mass is 396 g/mol. The number of ether oxygens (including phenoxy) is 1. The topological polar surface area (TPSA) is 26.3 Å². The van der Waals surface area contributed by atoms with Crippen molar-refractivity contribution in [2.75, 3.05) is 6.61 Å². The minimum atomic E-state index is -0.623. The molecule has 0 amide bonds. The summed E-state index contributed by atoms with van der Waals surface area (Å²) in [6, 6.07) is 15.9. The van der Waals surface area contributed by atoms with Gasteiger partial charge in [-0.1, -0.05) is 73.2 Å². The van der Waals surface area contributed by atoms with Gasteiger partial charge in [-0.2, -0.15) is 0 Å². The molecule has 1 aromatic heterocycles. The quantitative estimate of drug-likeness (QED) is 0.305. The van der Waals surface area contributed by atoms with E-state index < -0.39 is 10.6 Å². The Balaban J connectivity index is 1.40. The number of aryl methyl sites for hydroxylation is 2. The predicted molar refractivity (Wildman–Crippen MR) is 116 cm³/mol. The Morgan fingerprint density at radius 3 is 2.61 bits per heavy atom. The number of unbranched alkanes of at least 4 members (excludes halogenated alkanes) is 3. The van der Waals surface area contributed by atoms with Crippen molar-refractivity contribution in [3.63, 3.8) is 0 Å². The van der Waals surface area contributed by atoms with Gasteiger partial charge in [-0.3, -0.25) is 4.79 Å². The van der Waals surface area contributed by atoms with Crippen LogP contribution in [0.2, 0.25) is 0 Å². The summed E-state index contributed by atoms with van der Waals surface area (Å²) in [6.45, 7) is 6.32. The molecule has 0 saturated heterocycles. The van der Waals surface area contributed by atoms with Crippen LogP contribution in [0.3, 0.4) is 0 Å². The zero-order valence-corrected chi connectivity index (χ0v) is 17.0. The lowest BCUT2D eigenvalue weighted by atomic mass is 10.0. The number of fused-ring (bicyclic) bond motifs is 1. The highest BCUT2D eigenvalue weighted by Gasteiger charge is 2.09. The minimum Gasteiger partial charge on any atom is -0.494 e. The van der Waals surface area contributed by atoms with Crippen LogP contribution >= 0.6 is 11.3 Å². The Hall–Kier alpha value is -2.46. The molecule has 3 rings (SSSR count). The third kappa shape index (κ3) is 5.08. The minimum absolute atomic E-state index is 0.447. The van der Waals surface area contributed by atoms with Crippen LogP contribution < -0.4 is 4.74 Å². The highest BCUT2D eigenvalue weighted by Crippen LogP contribution is 2.24. The van der Waals surface area contributed by atoms with Gasteiger partial charge in [-0.05, 0) is 48.8 Å². The van der Waals surface area contributed by atoms with E-state index in [-0.39, 0.29) is 0 Å². The molecule has 2 aromatic carbocycles. The molecule has 0 saturated carbocycles. The van der Waals surface area contributed by atoms with Crippen molar-refractivity contribution >= 4 is 27.2 Å². The van der Waals surface area contributed by atoms with Crippen molar-refractivity contribution in [2.24, 2.45) is 0 Å². The fourth-order valence-electron chi connectivity index (χ4n) is 3.22. The van der Waals surface area contributed by atoms with Gasteiger partial charge < -0.3 is 4.74 Å². The Kier molecular flexibility index (Phi) is 6.99. The molecule has 0 N–H and O–H groups in total. The number of halogens is 1. The Bertz CT molecular complexity index is 1010. The SMILES string of the molecule is C=C(OCCCCCCc1ccc2c(C)c(F)c(=O)sc2c1)c1ccccc1. The van der Waals surface area contributed by atoms with Gasteiger partial charge in [0, 0.05) is 10.3 Å². The average molecular weight is 397 g/mol. The molecule has 28 heavy (non-hydrogen) atoms. The molecule has 1 heterocycles. The lowest BCUT2D eigenvalue weighted by molar-refractivity contribution is 0.267. The second kappa shape index (κ2) is 9.65. The number of benzene rings is 2. The molecule has 146 valence electrons. The van der Waals surface area contributed by atoms with E-state index in [2.05, 4.69) is 6.58 Å². The first kappa shape index (κ1) is 20.3. The molecule has 4 heteroatoms. The molecular formula is C24H25FO2S. The van der Waals surface area contributed by atoms with Crippen LogP contribution in [0.4, 0.5) is 4.39 Å². The van der Waals surface area contributed by atoms with Gasteiger partial charge in [0.2, 0.25) is 0 Å². The standard InChI is InChI=1S/C24H25FO2S/c1-17-21-14-13-19(16-22(21)28-24(26)23(17)25)10-6-3-4-9-15-27-18(2)20-11-7-5-8-12-20/h5,7-8,11-14,16H,2-4,6,9-10,15H2,1H3. The molecule has 0 aliphatic rings. The molecular weight excluding hydrogens is 371 g/mol. The summed E-state index contributed by atoms with van der Waals surface area (Å²) in [4.78, 5) is 11.7. The van der Waals surface area contributed by atoms with Crippen molar-refractivity contribution in [3.05, 3.63) is 87.2 Å². The maximum atomic E-state index is 13.7. The zero-order chi connectivity index (χ0) is 19.9. The molecule has 0 spiro atoms. The van der Waals surface area contributed by atoms with Crippen LogP contribution in [0.5, 0.6) is 0 Å². The predicted octanol–water partition coefficient (Wildman–Crippen LogP) is 6.50. The molecule has 0 unspecified atom stereocenters. The third-order valence-corrected chi connectivity index (χ3v) is 5.82. The van der Waals surface area contributed by atoms with E-state index in [4.69, 9.17) is 4.74 Å². The first-order valence-corrected chi connectivity index (χ1v) is 10.5. The summed E-state index contributed by atoms with van der Waals surface area (Å²) >= 11 is 0.992. The molecule has 3 aromatic rings.